The van der Waals surface area contributed by atoms with Gasteiger partial charge in [-0.05, 0) is 49.8 Å². The second kappa shape index (κ2) is 11.7. The first kappa shape index (κ1) is 26.4. The van der Waals surface area contributed by atoms with Crippen LogP contribution < -0.4 is 21.9 Å². The van der Waals surface area contributed by atoms with Crippen LogP contribution >= 0.6 is 11.6 Å². The van der Waals surface area contributed by atoms with E-state index in [9.17, 15) is 14.4 Å². The summed E-state index contributed by atoms with van der Waals surface area (Å²) in [5.74, 6) is -0.0435. The van der Waals surface area contributed by atoms with Crippen molar-refractivity contribution in [3.63, 3.8) is 0 Å². The number of hydrogen-bond acceptors (Lipinski definition) is 6. The number of nitrogens with one attached hydrogen (secondary N) is 2. The molecule has 202 valence electrons. The molecule has 2 aliphatic rings. The topological polar surface area (TPSA) is 141 Å². The molecule has 2 amide bonds. The number of amides is 2. The largest absolute Gasteiger partial charge is 0.443 e. The Hall–Kier alpha value is -4.18. The summed E-state index contributed by atoms with van der Waals surface area (Å²) in [6, 6.07) is 15.7. The number of anilines is 1. The Bertz CT molecular complexity index is 1450. The number of carbonyl (C=O) groups is 2. The normalized spacial score (nSPS) is 16.7. The van der Waals surface area contributed by atoms with Crippen LogP contribution in [0, 0.1) is 0 Å². The van der Waals surface area contributed by atoms with E-state index in [0.717, 1.165) is 24.8 Å². The average molecular weight is 549 g/mol. The molecule has 11 heteroatoms. The lowest BCUT2D eigenvalue weighted by molar-refractivity contribution is 0.0947. The Morgan fingerprint density at radius 2 is 1.79 bits per heavy atom. The first-order valence-corrected chi connectivity index (χ1v) is 13.3. The van der Waals surface area contributed by atoms with Crippen molar-refractivity contribution in [1.82, 2.24) is 14.9 Å². The SMILES string of the molecule is NC(=NC(=O)OCc1ccccc1)c1ccc(C(=O)NCC2CCc3c(Cl)nc(NC4CCC4)c(=O)n32)cc1. The maximum absolute atomic E-state index is 13.1. The molecule has 3 aromatic rings. The van der Waals surface area contributed by atoms with Crippen molar-refractivity contribution in [1.29, 1.82) is 0 Å². The molecule has 1 saturated carbocycles. The molecular formula is C28H29ClN6O4. The first-order valence-electron chi connectivity index (χ1n) is 12.9. The summed E-state index contributed by atoms with van der Waals surface area (Å²) in [4.78, 5) is 46.0. The minimum absolute atomic E-state index is 0.0150. The Morgan fingerprint density at radius 1 is 1.08 bits per heavy atom. The van der Waals surface area contributed by atoms with E-state index in [1.165, 1.54) is 0 Å². The van der Waals surface area contributed by atoms with Gasteiger partial charge < -0.3 is 25.7 Å². The molecule has 0 bridgehead atoms. The van der Waals surface area contributed by atoms with Crippen molar-refractivity contribution in [2.45, 2.75) is 50.8 Å². The molecule has 5 rings (SSSR count). The van der Waals surface area contributed by atoms with Crippen LogP contribution in [0.4, 0.5) is 10.6 Å². The molecule has 39 heavy (non-hydrogen) atoms. The molecule has 2 heterocycles. The maximum atomic E-state index is 13.1. The fourth-order valence-electron chi connectivity index (χ4n) is 4.64. The number of aliphatic imine (C=N–C) groups is 1. The molecule has 10 nitrogen and oxygen atoms in total. The zero-order valence-corrected chi connectivity index (χ0v) is 22.0. The minimum atomic E-state index is -0.799. The second-order valence-corrected chi connectivity index (χ2v) is 10.0. The lowest BCUT2D eigenvalue weighted by Crippen LogP contribution is -2.37. The average Bonchev–Trinajstić information content (AvgIpc) is 3.36. The predicted molar refractivity (Wildman–Crippen MR) is 148 cm³/mol. The van der Waals surface area contributed by atoms with Crippen LogP contribution in [0.5, 0.6) is 0 Å². The summed E-state index contributed by atoms with van der Waals surface area (Å²) in [6.07, 6.45) is 3.64. The highest BCUT2D eigenvalue weighted by Crippen LogP contribution is 2.29. The van der Waals surface area contributed by atoms with E-state index >= 15 is 0 Å². The number of amidine groups is 1. The number of rotatable bonds is 8. The van der Waals surface area contributed by atoms with Crippen LogP contribution in [0.2, 0.25) is 5.15 Å². The van der Waals surface area contributed by atoms with Gasteiger partial charge in [-0.1, -0.05) is 54.1 Å². The van der Waals surface area contributed by atoms with E-state index in [1.807, 2.05) is 30.3 Å². The first-order chi connectivity index (χ1) is 18.9. The lowest BCUT2D eigenvalue weighted by Gasteiger charge is -2.27. The number of nitrogens with zero attached hydrogens (tertiary/aromatic N) is 3. The predicted octanol–water partition coefficient (Wildman–Crippen LogP) is 3.82. The van der Waals surface area contributed by atoms with Crippen molar-refractivity contribution in [2.75, 3.05) is 11.9 Å². The van der Waals surface area contributed by atoms with Crippen molar-refractivity contribution in [3.8, 4) is 0 Å². The third-order valence-corrected chi connectivity index (χ3v) is 7.35. The number of ether oxygens (including phenoxy) is 1. The Morgan fingerprint density at radius 3 is 2.49 bits per heavy atom. The Balaban J connectivity index is 1.18. The van der Waals surface area contributed by atoms with Gasteiger partial charge in [-0.2, -0.15) is 4.99 Å². The number of aromatic nitrogens is 2. The molecule has 0 spiro atoms. The zero-order chi connectivity index (χ0) is 27.4. The van der Waals surface area contributed by atoms with Crippen LogP contribution in [0.1, 0.15) is 58.9 Å². The van der Waals surface area contributed by atoms with Gasteiger partial charge in [0.25, 0.3) is 11.5 Å². The minimum Gasteiger partial charge on any atom is -0.443 e. The summed E-state index contributed by atoms with van der Waals surface area (Å²) in [5.41, 5.74) is 8.17. The van der Waals surface area contributed by atoms with E-state index in [2.05, 4.69) is 20.6 Å². The fraction of sp³-hybridized carbons (Fsp3) is 0.321. The van der Waals surface area contributed by atoms with Gasteiger partial charge in [0, 0.05) is 23.7 Å². The number of hydrogen-bond donors (Lipinski definition) is 3. The quantitative estimate of drug-likeness (QED) is 0.287. The number of halogens is 1. The fourth-order valence-corrected chi connectivity index (χ4v) is 4.91. The summed E-state index contributed by atoms with van der Waals surface area (Å²) in [7, 11) is 0. The molecular weight excluding hydrogens is 520 g/mol. The van der Waals surface area contributed by atoms with Gasteiger partial charge in [0.15, 0.2) is 11.0 Å². The van der Waals surface area contributed by atoms with E-state index < -0.39 is 6.09 Å². The van der Waals surface area contributed by atoms with Crippen molar-refractivity contribution >= 4 is 35.3 Å². The van der Waals surface area contributed by atoms with Gasteiger partial charge in [-0.25, -0.2) is 9.78 Å². The Kier molecular flexibility index (Phi) is 7.92. The Labute approximate surface area is 230 Å². The van der Waals surface area contributed by atoms with E-state index in [-0.39, 0.29) is 48.4 Å². The van der Waals surface area contributed by atoms with Crippen molar-refractivity contribution in [3.05, 3.63) is 92.5 Å². The monoisotopic (exact) mass is 548 g/mol. The summed E-state index contributed by atoms with van der Waals surface area (Å²) in [6.45, 7) is 0.363. The van der Waals surface area contributed by atoms with Gasteiger partial charge in [0.05, 0.1) is 11.7 Å². The third kappa shape index (κ3) is 6.12. The molecule has 1 aliphatic carbocycles. The van der Waals surface area contributed by atoms with E-state index in [1.54, 1.807) is 28.8 Å². The van der Waals surface area contributed by atoms with E-state index in [0.29, 0.717) is 34.8 Å². The zero-order valence-electron chi connectivity index (χ0n) is 21.2. The smallest absolute Gasteiger partial charge is 0.435 e. The highest BCUT2D eigenvalue weighted by molar-refractivity contribution is 6.30. The lowest BCUT2D eigenvalue weighted by atomic mass is 9.93. The molecule has 2 aromatic carbocycles. The maximum Gasteiger partial charge on any atom is 0.435 e. The number of benzene rings is 2. The summed E-state index contributed by atoms with van der Waals surface area (Å²) >= 11 is 6.39. The van der Waals surface area contributed by atoms with Crippen molar-refractivity contribution in [2.24, 2.45) is 10.7 Å². The summed E-state index contributed by atoms with van der Waals surface area (Å²) < 4.78 is 6.79. The molecule has 1 aliphatic heterocycles. The molecule has 1 fully saturated rings. The third-order valence-electron chi connectivity index (χ3n) is 7.04. The molecule has 4 N–H and O–H groups in total. The van der Waals surface area contributed by atoms with Crippen LogP contribution in [-0.2, 0) is 17.8 Å². The van der Waals surface area contributed by atoms with Crippen LogP contribution in [0.25, 0.3) is 0 Å². The highest BCUT2D eigenvalue weighted by Gasteiger charge is 2.29. The van der Waals surface area contributed by atoms with Gasteiger partial charge in [-0.3, -0.25) is 9.59 Å². The summed E-state index contributed by atoms with van der Waals surface area (Å²) in [5, 5.41) is 6.43. The number of carbonyl (C=O) groups excluding carboxylic acids is 2. The molecule has 1 aromatic heterocycles. The number of fused-ring (bicyclic) bond motifs is 1. The van der Waals surface area contributed by atoms with Gasteiger partial charge in [0.2, 0.25) is 0 Å². The second-order valence-electron chi connectivity index (χ2n) is 9.66. The van der Waals surface area contributed by atoms with Crippen LogP contribution in [0.3, 0.4) is 0 Å². The highest BCUT2D eigenvalue weighted by atomic mass is 35.5. The molecule has 0 radical (unpaired) electrons. The van der Waals surface area contributed by atoms with Gasteiger partial charge in [-0.15, -0.1) is 0 Å². The van der Waals surface area contributed by atoms with Gasteiger partial charge >= 0.3 is 6.09 Å². The van der Waals surface area contributed by atoms with Gasteiger partial charge in [0.1, 0.15) is 12.4 Å². The van der Waals surface area contributed by atoms with Crippen LogP contribution in [-0.4, -0.2) is 40.0 Å². The molecule has 0 saturated heterocycles. The number of nitrogens with two attached hydrogens (primary N) is 1. The molecule has 1 atom stereocenters. The van der Waals surface area contributed by atoms with Crippen LogP contribution in [0.15, 0.2) is 64.4 Å². The standard InChI is InChI=1S/C28H29ClN6O4/c29-23-22-14-13-21(35(22)27(37)25(33-23)32-20-7-4-8-20)15-31-26(36)19-11-9-18(10-12-19)24(30)34-28(38)39-16-17-5-2-1-3-6-17/h1-3,5-6,9-12,20-21H,4,7-8,13-16H2,(H,31,36)(H,32,33)(H2,30,34,38). The van der Waals surface area contributed by atoms with Crippen molar-refractivity contribution < 1.29 is 14.3 Å². The van der Waals surface area contributed by atoms with E-state index in [4.69, 9.17) is 22.1 Å². The molecule has 1 unspecified atom stereocenters.